The molecule has 2 fully saturated rings. The van der Waals surface area contributed by atoms with Crippen LogP contribution in [-0.4, -0.2) is 125 Å². The van der Waals surface area contributed by atoms with Crippen LogP contribution < -0.4 is 10.5 Å². The Morgan fingerprint density at radius 1 is 0.891 bits per heavy atom. The van der Waals surface area contributed by atoms with Gasteiger partial charge in [0.25, 0.3) is 0 Å². The Morgan fingerprint density at radius 3 is 2.02 bits per heavy atom. The number of carbonyl (C=O) groups is 2. The SMILES string of the molecule is CCc1cc(OCCCCOC(=O)C2=C(C)N(C)C(C)=C(C(=O)OC(CN3CCOCC3)CN3CCOCC3)C2CN)ccc1C. The molecule has 3 aliphatic heterocycles. The number of benzene rings is 1. The first-order valence-corrected chi connectivity index (χ1v) is 16.8. The predicted octanol–water partition coefficient (Wildman–Crippen LogP) is 2.90. The fourth-order valence-electron chi connectivity index (χ4n) is 6.32. The first-order valence-electron chi connectivity index (χ1n) is 16.8. The summed E-state index contributed by atoms with van der Waals surface area (Å²) in [7, 11) is 1.85. The molecule has 3 aliphatic rings. The largest absolute Gasteiger partial charge is 0.494 e. The third-order valence-corrected chi connectivity index (χ3v) is 9.31. The molecule has 46 heavy (non-hydrogen) atoms. The summed E-state index contributed by atoms with van der Waals surface area (Å²) in [6, 6.07) is 6.15. The maximum absolute atomic E-state index is 14.0. The highest BCUT2D eigenvalue weighted by Crippen LogP contribution is 2.35. The van der Waals surface area contributed by atoms with Crippen molar-refractivity contribution in [3.05, 3.63) is 51.9 Å². The summed E-state index contributed by atoms with van der Waals surface area (Å²) >= 11 is 0. The first-order chi connectivity index (χ1) is 22.2. The minimum absolute atomic E-state index is 0.0825. The van der Waals surface area contributed by atoms with E-state index in [-0.39, 0.29) is 19.3 Å². The average molecular weight is 643 g/mol. The summed E-state index contributed by atoms with van der Waals surface area (Å²) in [6.45, 7) is 15.9. The van der Waals surface area contributed by atoms with Crippen LogP contribution in [0.4, 0.5) is 0 Å². The summed E-state index contributed by atoms with van der Waals surface area (Å²) in [4.78, 5) is 33.9. The van der Waals surface area contributed by atoms with Gasteiger partial charge in [0.2, 0.25) is 0 Å². The minimum Gasteiger partial charge on any atom is -0.494 e. The molecule has 1 unspecified atom stereocenters. The second-order valence-corrected chi connectivity index (χ2v) is 12.3. The van der Waals surface area contributed by atoms with E-state index in [9.17, 15) is 9.59 Å². The van der Waals surface area contributed by atoms with Gasteiger partial charge in [0.05, 0.1) is 50.8 Å². The molecule has 0 bridgehead atoms. The number of morpholine rings is 2. The lowest BCUT2D eigenvalue weighted by Gasteiger charge is -2.37. The zero-order valence-corrected chi connectivity index (χ0v) is 28.5. The zero-order valence-electron chi connectivity index (χ0n) is 28.5. The van der Waals surface area contributed by atoms with Crippen LogP contribution in [0.5, 0.6) is 5.75 Å². The van der Waals surface area contributed by atoms with Crippen molar-refractivity contribution in [2.24, 2.45) is 11.7 Å². The predicted molar refractivity (Wildman–Crippen MR) is 176 cm³/mol. The zero-order chi connectivity index (χ0) is 33.1. The van der Waals surface area contributed by atoms with Gasteiger partial charge in [-0.05, 0) is 63.3 Å². The fourth-order valence-corrected chi connectivity index (χ4v) is 6.32. The summed E-state index contributed by atoms with van der Waals surface area (Å²) in [5, 5.41) is 0. The van der Waals surface area contributed by atoms with Crippen LogP contribution in [0.25, 0.3) is 0 Å². The van der Waals surface area contributed by atoms with E-state index < -0.39 is 17.9 Å². The van der Waals surface area contributed by atoms with Crippen molar-refractivity contribution in [1.82, 2.24) is 14.7 Å². The Kier molecular flexibility index (Phi) is 13.9. The highest BCUT2D eigenvalue weighted by atomic mass is 16.5. The van der Waals surface area contributed by atoms with Crippen molar-refractivity contribution in [2.75, 3.05) is 92.5 Å². The van der Waals surface area contributed by atoms with Gasteiger partial charge in [-0.15, -0.1) is 0 Å². The normalized spacial score (nSPS) is 20.0. The molecule has 0 radical (unpaired) electrons. The molecule has 2 saturated heterocycles. The number of nitrogens with zero attached hydrogens (tertiary/aromatic N) is 3. The second-order valence-electron chi connectivity index (χ2n) is 12.3. The van der Waals surface area contributed by atoms with Crippen LogP contribution in [0.1, 0.15) is 44.7 Å². The molecule has 1 aromatic carbocycles. The van der Waals surface area contributed by atoms with Crippen molar-refractivity contribution in [1.29, 1.82) is 0 Å². The Morgan fingerprint density at radius 2 is 1.46 bits per heavy atom. The highest BCUT2D eigenvalue weighted by molar-refractivity contribution is 5.98. The molecule has 1 atom stereocenters. The molecule has 1 aromatic rings. The molecule has 0 aromatic heterocycles. The molecule has 4 rings (SSSR count). The molecule has 0 saturated carbocycles. The molecular formula is C35H54N4O7. The third kappa shape index (κ3) is 9.54. The number of esters is 2. The van der Waals surface area contributed by atoms with Crippen LogP contribution in [0.15, 0.2) is 40.7 Å². The van der Waals surface area contributed by atoms with E-state index in [0.717, 1.165) is 56.2 Å². The number of nitrogens with two attached hydrogens (primary N) is 1. The van der Waals surface area contributed by atoms with Gasteiger partial charge in [-0.1, -0.05) is 13.0 Å². The molecular weight excluding hydrogens is 588 g/mol. The number of carbonyl (C=O) groups excluding carboxylic acids is 2. The summed E-state index contributed by atoms with van der Waals surface area (Å²) in [5.41, 5.74) is 11.1. The minimum atomic E-state index is -0.624. The second kappa shape index (κ2) is 17.8. The van der Waals surface area contributed by atoms with E-state index >= 15 is 0 Å². The van der Waals surface area contributed by atoms with Gasteiger partial charge >= 0.3 is 11.9 Å². The molecule has 0 spiro atoms. The van der Waals surface area contributed by atoms with Crippen molar-refractivity contribution < 1.29 is 33.3 Å². The Labute approximate surface area is 274 Å². The van der Waals surface area contributed by atoms with E-state index in [1.165, 1.54) is 11.1 Å². The van der Waals surface area contributed by atoms with E-state index in [2.05, 4.69) is 35.8 Å². The van der Waals surface area contributed by atoms with Crippen molar-refractivity contribution >= 4 is 11.9 Å². The summed E-state index contributed by atoms with van der Waals surface area (Å²) in [5.74, 6) is -0.664. The van der Waals surface area contributed by atoms with Crippen LogP contribution in [0, 0.1) is 12.8 Å². The van der Waals surface area contributed by atoms with E-state index in [0.29, 0.717) is 63.7 Å². The van der Waals surface area contributed by atoms with Gasteiger partial charge in [-0.3, -0.25) is 9.80 Å². The number of hydrogen-bond acceptors (Lipinski definition) is 11. The van der Waals surface area contributed by atoms with Gasteiger partial charge in [0, 0.05) is 70.2 Å². The first kappa shape index (κ1) is 35.9. The van der Waals surface area contributed by atoms with Crippen molar-refractivity contribution in [2.45, 2.75) is 53.1 Å². The number of unbranched alkanes of at least 4 members (excludes halogenated alkanes) is 1. The molecule has 0 aliphatic carbocycles. The van der Waals surface area contributed by atoms with Gasteiger partial charge in [-0.25, -0.2) is 9.59 Å². The van der Waals surface area contributed by atoms with Crippen molar-refractivity contribution in [3.63, 3.8) is 0 Å². The number of aryl methyl sites for hydroxylation is 2. The van der Waals surface area contributed by atoms with Crippen molar-refractivity contribution in [3.8, 4) is 5.75 Å². The highest BCUT2D eigenvalue weighted by Gasteiger charge is 2.39. The lowest BCUT2D eigenvalue weighted by atomic mass is 9.84. The molecule has 11 heteroatoms. The lowest BCUT2D eigenvalue weighted by molar-refractivity contribution is -0.148. The maximum Gasteiger partial charge on any atom is 0.336 e. The topological polar surface area (TPSA) is 116 Å². The summed E-state index contributed by atoms with van der Waals surface area (Å²) in [6.07, 6.45) is 2.00. The molecule has 3 heterocycles. The van der Waals surface area contributed by atoms with Crippen LogP contribution in [-0.2, 0) is 35.0 Å². The molecule has 256 valence electrons. The lowest BCUT2D eigenvalue weighted by Crippen LogP contribution is -2.49. The number of allylic oxidation sites excluding steroid dienone is 2. The summed E-state index contributed by atoms with van der Waals surface area (Å²) < 4.78 is 29.0. The number of rotatable bonds is 15. The Bertz CT molecular complexity index is 1220. The Hall–Kier alpha value is -2.96. The van der Waals surface area contributed by atoms with Crippen LogP contribution in [0.2, 0.25) is 0 Å². The van der Waals surface area contributed by atoms with E-state index in [1.54, 1.807) is 0 Å². The monoisotopic (exact) mass is 642 g/mol. The number of ether oxygens (including phenoxy) is 5. The van der Waals surface area contributed by atoms with Gasteiger partial charge in [0.15, 0.2) is 0 Å². The van der Waals surface area contributed by atoms with E-state index in [4.69, 9.17) is 29.4 Å². The number of hydrogen-bond donors (Lipinski definition) is 1. The Balaban J connectivity index is 1.36. The van der Waals surface area contributed by atoms with Gasteiger partial charge in [-0.2, -0.15) is 0 Å². The van der Waals surface area contributed by atoms with E-state index in [1.807, 2.05) is 31.9 Å². The van der Waals surface area contributed by atoms with Crippen LogP contribution >= 0.6 is 0 Å². The van der Waals surface area contributed by atoms with Gasteiger partial charge in [0.1, 0.15) is 11.9 Å². The molecule has 11 nitrogen and oxygen atoms in total. The molecule has 2 N–H and O–H groups in total. The maximum atomic E-state index is 14.0. The smallest absolute Gasteiger partial charge is 0.336 e. The fraction of sp³-hybridized carbons (Fsp3) is 0.657. The van der Waals surface area contributed by atoms with Crippen LogP contribution in [0.3, 0.4) is 0 Å². The van der Waals surface area contributed by atoms with Gasteiger partial charge < -0.3 is 34.3 Å². The quantitative estimate of drug-likeness (QED) is 0.225. The standard InChI is InChI=1S/C35H54N4O7/c1-6-28-21-29(10-9-25(28)2)44-15-7-8-16-45-34(40)32-26(3)37(5)27(4)33(31(32)22-36)35(41)46-30(23-38-11-17-42-18-12-38)24-39-13-19-43-20-14-39/h9-10,21,30-31H,6-8,11-20,22-24,36H2,1-5H3. The third-order valence-electron chi connectivity index (χ3n) is 9.31. The molecule has 0 amide bonds. The average Bonchev–Trinajstić information content (AvgIpc) is 3.06.